The van der Waals surface area contributed by atoms with Gasteiger partial charge in [0.05, 0.1) is 9.59 Å². The third-order valence-electron chi connectivity index (χ3n) is 2.18. The van der Waals surface area contributed by atoms with Crippen molar-refractivity contribution >= 4 is 35.6 Å². The average Bonchev–Trinajstić information content (AvgIpc) is 2.50. The third kappa shape index (κ3) is 2.89. The van der Waals surface area contributed by atoms with Crippen LogP contribution in [0.25, 0.3) is 0 Å². The maximum atomic E-state index is 5.90. The minimum atomic E-state index is -0.00789. The van der Waals surface area contributed by atoms with Crippen molar-refractivity contribution in [3.05, 3.63) is 21.3 Å². The number of rotatable bonds is 4. The number of thiol groups is 1. The predicted octanol–water partition coefficient (Wildman–Crippen LogP) is 3.76. The summed E-state index contributed by atoms with van der Waals surface area (Å²) in [4.78, 5) is 1.21. The molecule has 1 nitrogen and oxygen atoms in total. The van der Waals surface area contributed by atoms with Crippen molar-refractivity contribution in [3.63, 3.8) is 0 Å². The molecule has 4 heteroatoms. The fourth-order valence-electron chi connectivity index (χ4n) is 1.38. The van der Waals surface area contributed by atoms with Gasteiger partial charge < -0.3 is 5.32 Å². The van der Waals surface area contributed by atoms with Crippen molar-refractivity contribution in [2.75, 3.05) is 6.54 Å². The van der Waals surface area contributed by atoms with E-state index in [9.17, 15) is 0 Å². The Morgan fingerprint density at radius 1 is 1.57 bits per heavy atom. The highest BCUT2D eigenvalue weighted by Gasteiger charge is 2.27. The summed E-state index contributed by atoms with van der Waals surface area (Å²) in [7, 11) is 0. The molecule has 1 aromatic heterocycles. The van der Waals surface area contributed by atoms with E-state index in [4.69, 9.17) is 11.6 Å². The Hall–Kier alpha value is 0.300. The van der Waals surface area contributed by atoms with E-state index in [1.165, 1.54) is 4.88 Å². The van der Waals surface area contributed by atoms with Gasteiger partial charge in [-0.25, -0.2) is 0 Å². The van der Waals surface area contributed by atoms with Gasteiger partial charge in [-0.3, -0.25) is 0 Å². The topological polar surface area (TPSA) is 12.0 Å². The molecule has 0 radical (unpaired) electrons. The molecule has 0 spiro atoms. The van der Waals surface area contributed by atoms with Gasteiger partial charge in [0.1, 0.15) is 0 Å². The van der Waals surface area contributed by atoms with E-state index in [-0.39, 0.29) is 10.8 Å². The summed E-state index contributed by atoms with van der Waals surface area (Å²) in [5, 5.41) is 3.60. The molecule has 0 amide bonds. The molecule has 0 aromatic carbocycles. The highest BCUT2D eigenvalue weighted by atomic mass is 35.5. The number of likely N-dealkylation sites (N-methyl/N-ethyl adjacent to an activating group) is 1. The smallest absolute Gasteiger partial charge is 0.0931 e. The van der Waals surface area contributed by atoms with E-state index in [1.54, 1.807) is 11.3 Å². The van der Waals surface area contributed by atoms with Gasteiger partial charge in [0, 0.05) is 10.4 Å². The quantitative estimate of drug-likeness (QED) is 0.775. The summed E-state index contributed by atoms with van der Waals surface area (Å²) in [6, 6.07) is 3.97. The normalized spacial score (nSPS) is 14.4. The van der Waals surface area contributed by atoms with Gasteiger partial charge in [-0.1, -0.05) is 18.5 Å². The van der Waals surface area contributed by atoms with Crippen LogP contribution in [0.5, 0.6) is 0 Å². The number of nitrogens with one attached hydrogen (secondary N) is 1. The second kappa shape index (κ2) is 4.88. The summed E-state index contributed by atoms with van der Waals surface area (Å²) in [6.45, 7) is 7.36. The van der Waals surface area contributed by atoms with Crippen LogP contribution in [0.15, 0.2) is 12.1 Å². The molecule has 1 aromatic rings. The number of hydrogen-bond donors (Lipinski definition) is 2. The second-order valence-corrected chi connectivity index (χ2v) is 6.06. The molecule has 0 aliphatic heterocycles. The Kier molecular flexibility index (Phi) is 4.31. The van der Waals surface area contributed by atoms with Gasteiger partial charge in [0.25, 0.3) is 0 Å². The van der Waals surface area contributed by atoms with E-state index in [0.717, 1.165) is 10.9 Å². The Labute approximate surface area is 100 Å². The molecule has 0 aliphatic carbocycles. The van der Waals surface area contributed by atoms with Gasteiger partial charge in [-0.15, -0.1) is 11.3 Å². The molecule has 0 bridgehead atoms. The van der Waals surface area contributed by atoms with Crippen molar-refractivity contribution in [1.82, 2.24) is 5.32 Å². The number of halogens is 1. The molecule has 14 heavy (non-hydrogen) atoms. The zero-order chi connectivity index (χ0) is 10.8. The van der Waals surface area contributed by atoms with Crippen molar-refractivity contribution in [1.29, 1.82) is 0 Å². The first-order valence-corrected chi connectivity index (χ1v) is 6.36. The van der Waals surface area contributed by atoms with Gasteiger partial charge in [-0.2, -0.15) is 12.6 Å². The molecular formula is C10H16ClNS2. The maximum Gasteiger partial charge on any atom is 0.0931 e. The molecule has 1 N–H and O–H groups in total. The third-order valence-corrected chi connectivity index (χ3v) is 4.57. The first kappa shape index (κ1) is 12.4. The van der Waals surface area contributed by atoms with Crippen LogP contribution in [0, 0.1) is 0 Å². The number of hydrogen-bond acceptors (Lipinski definition) is 3. The van der Waals surface area contributed by atoms with Crippen LogP contribution in [-0.2, 0) is 0 Å². The molecule has 1 heterocycles. The number of thiophene rings is 1. The Morgan fingerprint density at radius 2 is 2.21 bits per heavy atom. The summed E-state index contributed by atoms with van der Waals surface area (Å²) >= 11 is 12.1. The summed E-state index contributed by atoms with van der Waals surface area (Å²) < 4.78 is 0.825. The molecule has 0 saturated carbocycles. The van der Waals surface area contributed by atoms with E-state index in [1.807, 2.05) is 12.1 Å². The monoisotopic (exact) mass is 249 g/mol. The predicted molar refractivity (Wildman–Crippen MR) is 68.8 cm³/mol. The van der Waals surface area contributed by atoms with Crippen LogP contribution in [0.4, 0.5) is 0 Å². The van der Waals surface area contributed by atoms with Gasteiger partial charge >= 0.3 is 0 Å². The fourth-order valence-corrected chi connectivity index (χ4v) is 2.95. The standard InChI is InChI=1S/C10H16ClNS2/c1-4-12-10(2,3)9(13)7-5-6-8(11)14-7/h5-6,9,12-13H,4H2,1-3H3/t9-/m0/s1. The minimum absolute atomic E-state index is 0.00789. The summed E-state index contributed by atoms with van der Waals surface area (Å²) in [5.41, 5.74) is -0.00789. The lowest BCUT2D eigenvalue weighted by Crippen LogP contribution is -2.42. The lowest BCUT2D eigenvalue weighted by Gasteiger charge is -2.31. The van der Waals surface area contributed by atoms with Crippen LogP contribution in [0.2, 0.25) is 4.34 Å². The Balaban J connectivity index is 2.78. The molecular weight excluding hydrogens is 234 g/mol. The fraction of sp³-hybridized carbons (Fsp3) is 0.600. The molecule has 0 fully saturated rings. The van der Waals surface area contributed by atoms with Crippen LogP contribution < -0.4 is 5.32 Å². The van der Waals surface area contributed by atoms with Crippen LogP contribution in [-0.4, -0.2) is 12.1 Å². The van der Waals surface area contributed by atoms with Gasteiger partial charge in [0.15, 0.2) is 0 Å². The SMILES string of the molecule is CCNC(C)(C)[C@@H](S)c1ccc(Cl)s1. The molecule has 0 saturated heterocycles. The minimum Gasteiger partial charge on any atom is -0.311 e. The first-order valence-electron chi connectivity index (χ1n) is 4.65. The van der Waals surface area contributed by atoms with E-state index in [2.05, 4.69) is 38.7 Å². The van der Waals surface area contributed by atoms with Gasteiger partial charge in [-0.05, 0) is 32.5 Å². The molecule has 0 aliphatic rings. The lowest BCUT2D eigenvalue weighted by atomic mass is 9.99. The van der Waals surface area contributed by atoms with Crippen molar-refractivity contribution < 1.29 is 0 Å². The van der Waals surface area contributed by atoms with Crippen molar-refractivity contribution in [2.45, 2.75) is 31.6 Å². The Morgan fingerprint density at radius 3 is 2.64 bits per heavy atom. The van der Waals surface area contributed by atoms with E-state index in [0.29, 0.717) is 0 Å². The zero-order valence-electron chi connectivity index (χ0n) is 8.67. The first-order chi connectivity index (χ1) is 6.47. The second-order valence-electron chi connectivity index (χ2n) is 3.80. The zero-order valence-corrected chi connectivity index (χ0v) is 11.1. The molecule has 1 rings (SSSR count). The average molecular weight is 250 g/mol. The Bertz CT molecular complexity index is 296. The van der Waals surface area contributed by atoms with Crippen LogP contribution in [0.1, 0.15) is 30.9 Å². The van der Waals surface area contributed by atoms with Crippen LogP contribution >= 0.6 is 35.6 Å². The maximum absolute atomic E-state index is 5.90. The summed E-state index contributed by atoms with van der Waals surface area (Å²) in [6.07, 6.45) is 0. The lowest BCUT2D eigenvalue weighted by molar-refractivity contribution is 0.394. The highest BCUT2D eigenvalue weighted by molar-refractivity contribution is 7.80. The molecule has 80 valence electrons. The molecule has 1 atom stereocenters. The summed E-state index contributed by atoms with van der Waals surface area (Å²) in [5.74, 6) is 0. The van der Waals surface area contributed by atoms with Gasteiger partial charge in [0.2, 0.25) is 0 Å². The van der Waals surface area contributed by atoms with Crippen molar-refractivity contribution in [2.24, 2.45) is 0 Å². The van der Waals surface area contributed by atoms with E-state index >= 15 is 0 Å². The van der Waals surface area contributed by atoms with Crippen LogP contribution in [0.3, 0.4) is 0 Å². The largest absolute Gasteiger partial charge is 0.311 e. The van der Waals surface area contributed by atoms with Crippen molar-refractivity contribution in [3.8, 4) is 0 Å². The highest BCUT2D eigenvalue weighted by Crippen LogP contribution is 2.37. The molecule has 0 unspecified atom stereocenters. The van der Waals surface area contributed by atoms with E-state index < -0.39 is 0 Å².